The summed E-state index contributed by atoms with van der Waals surface area (Å²) in [7, 11) is 3.30. The minimum Gasteiger partial charge on any atom is -0.495 e. The monoisotopic (exact) mass is 637 g/mol. The lowest BCUT2D eigenvalue weighted by Crippen LogP contribution is -2.44. The molecule has 0 heterocycles. The zero-order chi connectivity index (χ0) is 33.6. The maximum Gasteiger partial charge on any atom is 0.251 e. The van der Waals surface area contributed by atoms with Crippen LogP contribution in [0.15, 0.2) is 36.4 Å². The highest BCUT2D eigenvalue weighted by molar-refractivity contribution is 5.95. The summed E-state index contributed by atoms with van der Waals surface area (Å²) in [6.07, 6.45) is 3.73. The first-order chi connectivity index (χ1) is 22.4. The Morgan fingerprint density at radius 1 is 1.04 bits per heavy atom. The number of amides is 3. The normalized spacial score (nSPS) is 11.3. The van der Waals surface area contributed by atoms with Gasteiger partial charge in [0.15, 0.2) is 0 Å². The topological polar surface area (TPSA) is 161 Å². The van der Waals surface area contributed by atoms with Crippen LogP contribution in [0, 0.1) is 11.8 Å². The van der Waals surface area contributed by atoms with Gasteiger partial charge >= 0.3 is 0 Å². The van der Waals surface area contributed by atoms with E-state index >= 15 is 0 Å². The van der Waals surface area contributed by atoms with Crippen LogP contribution in [0.25, 0.3) is 0 Å². The second kappa shape index (κ2) is 22.3. The summed E-state index contributed by atoms with van der Waals surface area (Å²) in [5.41, 5.74) is 8.72. The maximum atomic E-state index is 12.4. The molecule has 2 aromatic carbocycles. The van der Waals surface area contributed by atoms with Gasteiger partial charge in [-0.25, -0.2) is 0 Å². The third-order valence-corrected chi connectivity index (χ3v) is 7.03. The number of nitrogen functional groups attached to an aromatic ring is 1. The fourth-order valence-electron chi connectivity index (χ4n) is 4.58. The molecule has 1 unspecified atom stereocenters. The van der Waals surface area contributed by atoms with E-state index in [-0.39, 0.29) is 11.8 Å². The number of aldehydes is 1. The number of nitrogens with zero attached hydrogens (tertiary/aromatic N) is 1. The zero-order valence-electron chi connectivity index (χ0n) is 27.1. The second-order valence-electron chi connectivity index (χ2n) is 10.4. The Balaban J connectivity index is 1.62. The van der Waals surface area contributed by atoms with Crippen LogP contribution in [0.3, 0.4) is 0 Å². The van der Waals surface area contributed by atoms with Crippen LogP contribution in [-0.2, 0) is 25.6 Å². The van der Waals surface area contributed by atoms with Gasteiger partial charge in [0.1, 0.15) is 12.0 Å². The fourth-order valence-corrected chi connectivity index (χ4v) is 4.58. The molecule has 0 aliphatic carbocycles. The van der Waals surface area contributed by atoms with Crippen molar-refractivity contribution in [3.8, 4) is 17.6 Å². The van der Waals surface area contributed by atoms with Crippen molar-refractivity contribution in [2.45, 2.75) is 45.2 Å². The number of hydrogen-bond donors (Lipinski definition) is 4. The first-order valence-electron chi connectivity index (χ1n) is 15.4. The number of nitrogens with two attached hydrogens (primary N) is 1. The highest BCUT2D eigenvalue weighted by Gasteiger charge is 2.23. The van der Waals surface area contributed by atoms with Crippen molar-refractivity contribution in [3.63, 3.8) is 0 Å². The van der Waals surface area contributed by atoms with E-state index in [0.29, 0.717) is 106 Å². The number of ether oxygens (including phenoxy) is 3. The first-order valence-corrected chi connectivity index (χ1v) is 15.4. The average Bonchev–Trinajstić information content (AvgIpc) is 3.05. The van der Waals surface area contributed by atoms with Gasteiger partial charge in [-0.05, 0) is 49.7 Å². The minimum atomic E-state index is -0.504. The van der Waals surface area contributed by atoms with Crippen molar-refractivity contribution in [2.75, 3.05) is 66.0 Å². The number of rotatable bonds is 22. The Morgan fingerprint density at radius 2 is 1.80 bits per heavy atom. The number of carbonyl (C=O) groups excluding carboxylic acids is 4. The highest BCUT2D eigenvalue weighted by Crippen LogP contribution is 2.22. The summed E-state index contributed by atoms with van der Waals surface area (Å²) in [6.45, 7) is 6.23. The summed E-state index contributed by atoms with van der Waals surface area (Å²) in [5, 5.41) is 8.34. The van der Waals surface area contributed by atoms with E-state index in [4.69, 9.17) is 19.9 Å². The molecule has 0 saturated carbocycles. The number of imide groups is 1. The molecule has 250 valence electrons. The predicted octanol–water partition coefficient (Wildman–Crippen LogP) is 2.15. The van der Waals surface area contributed by atoms with Crippen LogP contribution in [0.5, 0.6) is 5.75 Å². The number of nitrogens with one attached hydrogen (secondary N) is 3. The van der Waals surface area contributed by atoms with Gasteiger partial charge in [-0.2, -0.15) is 0 Å². The van der Waals surface area contributed by atoms with Crippen molar-refractivity contribution >= 4 is 30.2 Å². The molecule has 0 spiro atoms. The third kappa shape index (κ3) is 13.4. The zero-order valence-corrected chi connectivity index (χ0v) is 27.1. The molecule has 0 aliphatic rings. The average molecular weight is 638 g/mol. The largest absolute Gasteiger partial charge is 0.495 e. The van der Waals surface area contributed by atoms with Crippen LogP contribution in [0.2, 0.25) is 0 Å². The minimum absolute atomic E-state index is 0.189. The summed E-state index contributed by atoms with van der Waals surface area (Å²) >= 11 is 0. The fraction of sp³-hybridized carbons (Fsp3) is 0.471. The standard InChI is InChI=1S/C34H47N5O7/c1-4-9-31(34(43)38-25-41)39(2)23-29-26(11-7-12-28(29)24-40)10-5-6-18-45-20-16-36-17-21-46-19-8-15-37-33(42)27-13-14-30(35)32(22-27)44-3/h7,11-14,22,24-25,31,36H,4,6,8-9,15-21,23,35H2,1-3H3,(H,37,42)(H,38,41,43). The summed E-state index contributed by atoms with van der Waals surface area (Å²) < 4.78 is 16.4. The molecule has 5 N–H and O–H groups in total. The van der Waals surface area contributed by atoms with Gasteiger partial charge in [0.25, 0.3) is 5.91 Å². The number of carbonyl (C=O) groups is 4. The van der Waals surface area contributed by atoms with Crippen LogP contribution in [0.1, 0.15) is 64.4 Å². The Kier molecular flexibility index (Phi) is 18.3. The van der Waals surface area contributed by atoms with Crippen molar-refractivity contribution in [2.24, 2.45) is 0 Å². The number of hydrogen-bond acceptors (Lipinski definition) is 10. The van der Waals surface area contributed by atoms with Crippen LogP contribution >= 0.6 is 0 Å². The van der Waals surface area contributed by atoms with Crippen LogP contribution < -0.4 is 26.4 Å². The highest BCUT2D eigenvalue weighted by atomic mass is 16.5. The molecule has 0 bridgehead atoms. The number of anilines is 1. The lowest BCUT2D eigenvalue weighted by atomic mass is 10.00. The molecule has 0 radical (unpaired) electrons. The number of benzene rings is 2. The lowest BCUT2D eigenvalue weighted by molar-refractivity contribution is -0.129. The molecule has 0 aromatic heterocycles. The SMILES string of the molecule is CCCC(C(=O)NC=O)N(C)Cc1c(C#CCCOCCNCCOCCCNC(=O)c2ccc(N)c(OC)c2)cccc1C=O. The number of likely N-dealkylation sites (N-methyl/N-ethyl adjacent to an activating group) is 1. The molecule has 3 amide bonds. The van der Waals surface area contributed by atoms with E-state index in [1.807, 2.05) is 17.9 Å². The van der Waals surface area contributed by atoms with E-state index in [1.54, 1.807) is 37.4 Å². The molecular weight excluding hydrogens is 590 g/mol. The van der Waals surface area contributed by atoms with E-state index < -0.39 is 6.04 Å². The van der Waals surface area contributed by atoms with Gasteiger partial charge in [-0.15, -0.1) is 0 Å². The van der Waals surface area contributed by atoms with Gasteiger partial charge in [-0.3, -0.25) is 29.4 Å². The molecule has 12 heteroatoms. The first kappa shape index (κ1) is 37.9. The summed E-state index contributed by atoms with van der Waals surface area (Å²) in [4.78, 5) is 49.0. The number of methoxy groups -OCH3 is 1. The predicted molar refractivity (Wildman–Crippen MR) is 177 cm³/mol. The van der Waals surface area contributed by atoms with E-state index in [1.165, 1.54) is 7.11 Å². The van der Waals surface area contributed by atoms with Crippen LogP contribution in [-0.4, -0.2) is 95.7 Å². The van der Waals surface area contributed by atoms with Gasteiger partial charge in [-0.1, -0.05) is 37.3 Å². The molecule has 2 aromatic rings. The van der Waals surface area contributed by atoms with Gasteiger partial charge in [0, 0.05) is 55.9 Å². The Labute approximate surface area is 271 Å². The Hall–Kier alpha value is -4.28. The lowest BCUT2D eigenvalue weighted by Gasteiger charge is -2.27. The Morgan fingerprint density at radius 3 is 2.50 bits per heavy atom. The molecule has 0 saturated heterocycles. The molecule has 0 aliphatic heterocycles. The molecule has 0 fully saturated rings. The Bertz CT molecular complexity index is 1320. The molecule has 46 heavy (non-hydrogen) atoms. The molecule has 12 nitrogen and oxygen atoms in total. The quantitative estimate of drug-likeness (QED) is 0.0652. The van der Waals surface area contributed by atoms with E-state index in [2.05, 4.69) is 27.8 Å². The van der Waals surface area contributed by atoms with Gasteiger partial charge in [0.2, 0.25) is 12.3 Å². The summed E-state index contributed by atoms with van der Waals surface area (Å²) in [6, 6.07) is 9.78. The second-order valence-corrected chi connectivity index (χ2v) is 10.4. The third-order valence-electron chi connectivity index (χ3n) is 7.03. The van der Waals surface area contributed by atoms with Gasteiger partial charge in [0.05, 0.1) is 38.7 Å². The summed E-state index contributed by atoms with van der Waals surface area (Å²) in [5.74, 6) is 6.17. The van der Waals surface area contributed by atoms with Crippen LogP contribution in [0.4, 0.5) is 5.69 Å². The molecular formula is C34H47N5O7. The van der Waals surface area contributed by atoms with E-state index in [9.17, 15) is 19.2 Å². The molecule has 1 atom stereocenters. The smallest absolute Gasteiger partial charge is 0.251 e. The van der Waals surface area contributed by atoms with E-state index in [0.717, 1.165) is 18.3 Å². The van der Waals surface area contributed by atoms with Crippen molar-refractivity contribution in [1.29, 1.82) is 0 Å². The van der Waals surface area contributed by atoms with Crippen molar-refractivity contribution in [1.82, 2.24) is 20.9 Å². The van der Waals surface area contributed by atoms with Crippen molar-refractivity contribution in [3.05, 3.63) is 58.7 Å². The van der Waals surface area contributed by atoms with Gasteiger partial charge < -0.3 is 30.6 Å². The molecule has 2 rings (SSSR count). The maximum absolute atomic E-state index is 12.4. The van der Waals surface area contributed by atoms with Crippen molar-refractivity contribution < 1.29 is 33.4 Å².